The van der Waals surface area contributed by atoms with Crippen molar-refractivity contribution in [2.45, 2.75) is 53.9 Å². The van der Waals surface area contributed by atoms with Gasteiger partial charge in [-0.3, -0.25) is 4.99 Å². The van der Waals surface area contributed by atoms with Crippen LogP contribution >= 0.6 is 0 Å². The van der Waals surface area contributed by atoms with E-state index >= 15 is 0 Å². The van der Waals surface area contributed by atoms with Gasteiger partial charge in [-0.2, -0.15) is 0 Å². The Morgan fingerprint density at radius 3 is 2.26 bits per heavy atom. The highest BCUT2D eigenvalue weighted by Gasteiger charge is 2.04. The first-order valence-electron chi connectivity index (χ1n) is 7.84. The Balaban J connectivity index is 0.000000422. The summed E-state index contributed by atoms with van der Waals surface area (Å²) >= 11 is 0. The first-order chi connectivity index (χ1) is 10.7. The van der Waals surface area contributed by atoms with Crippen LogP contribution in [0.4, 0.5) is 4.39 Å². The monoisotopic (exact) mass is 321 g/mol. The molecule has 1 aromatic rings. The van der Waals surface area contributed by atoms with E-state index in [-0.39, 0.29) is 11.4 Å². The fraction of sp³-hybridized carbons (Fsp3) is 0.474. The van der Waals surface area contributed by atoms with Gasteiger partial charge in [0.2, 0.25) is 0 Å². The van der Waals surface area contributed by atoms with Crippen LogP contribution in [-0.4, -0.2) is 23.8 Å². The molecular weight excluding hydrogens is 293 g/mol. The van der Waals surface area contributed by atoms with Gasteiger partial charge in [0.05, 0.1) is 5.56 Å². The molecule has 128 valence electrons. The number of hydrogen-bond donors (Lipinski definition) is 1. The molecule has 0 aromatic heterocycles. The van der Waals surface area contributed by atoms with Gasteiger partial charge in [-0.15, -0.1) is 0 Å². The predicted molar refractivity (Wildman–Crippen MR) is 95.0 cm³/mol. The van der Waals surface area contributed by atoms with Crippen LogP contribution in [0.25, 0.3) is 0 Å². The van der Waals surface area contributed by atoms with Gasteiger partial charge in [0.15, 0.2) is 0 Å². The van der Waals surface area contributed by atoms with Crippen LogP contribution in [0, 0.1) is 12.7 Å². The van der Waals surface area contributed by atoms with E-state index in [2.05, 4.69) is 32.7 Å². The molecule has 0 heterocycles. The van der Waals surface area contributed by atoms with Crippen LogP contribution in [0.1, 0.15) is 62.9 Å². The third-order valence-corrected chi connectivity index (χ3v) is 3.56. The van der Waals surface area contributed by atoms with Crippen molar-refractivity contribution in [1.82, 2.24) is 0 Å². The molecule has 0 saturated carbocycles. The zero-order valence-electron chi connectivity index (χ0n) is 15.0. The normalized spacial score (nSPS) is 10.7. The molecule has 0 aliphatic carbocycles. The second-order valence-electron chi connectivity index (χ2n) is 5.66. The minimum absolute atomic E-state index is 0.115. The summed E-state index contributed by atoms with van der Waals surface area (Å²) in [7, 11) is 1.87. The third-order valence-electron chi connectivity index (χ3n) is 3.56. The summed E-state index contributed by atoms with van der Waals surface area (Å²) in [6.45, 7) is 10.2. The fourth-order valence-electron chi connectivity index (χ4n) is 2.06. The number of nitrogens with zero attached hydrogens (tertiary/aromatic N) is 1. The van der Waals surface area contributed by atoms with E-state index < -0.39 is 5.97 Å². The van der Waals surface area contributed by atoms with Crippen molar-refractivity contribution in [3.8, 4) is 0 Å². The zero-order valence-corrected chi connectivity index (χ0v) is 15.0. The lowest BCUT2D eigenvalue weighted by Gasteiger charge is -2.08. The summed E-state index contributed by atoms with van der Waals surface area (Å²) in [6.07, 6.45) is 3.71. The van der Waals surface area contributed by atoms with Gasteiger partial charge in [-0.1, -0.05) is 18.9 Å². The number of carboxylic acid groups (broad SMARTS) is 1. The molecule has 0 atom stereocenters. The Morgan fingerprint density at radius 2 is 1.87 bits per heavy atom. The van der Waals surface area contributed by atoms with Gasteiger partial charge < -0.3 is 5.11 Å². The van der Waals surface area contributed by atoms with Gasteiger partial charge >= 0.3 is 5.97 Å². The molecule has 0 aliphatic heterocycles. The Bertz CT molecular complexity index is 585. The molecule has 1 aromatic carbocycles. The molecule has 0 radical (unpaired) electrons. The molecular formula is C19H28FNO2. The number of carboxylic acids is 1. The van der Waals surface area contributed by atoms with E-state index in [9.17, 15) is 9.18 Å². The number of benzene rings is 1. The van der Waals surface area contributed by atoms with Gasteiger partial charge in [0, 0.05) is 12.8 Å². The Kier molecular flexibility index (Phi) is 9.79. The maximum atomic E-state index is 12.6. The Morgan fingerprint density at radius 1 is 1.26 bits per heavy atom. The summed E-state index contributed by atoms with van der Waals surface area (Å²) in [6, 6.07) is 3.70. The quantitative estimate of drug-likeness (QED) is 0.734. The molecule has 0 amide bonds. The number of hydrogen-bond acceptors (Lipinski definition) is 2. The van der Waals surface area contributed by atoms with Crippen molar-refractivity contribution in [3.05, 3.63) is 46.3 Å². The lowest BCUT2D eigenvalue weighted by atomic mass is 10.0. The highest BCUT2D eigenvalue weighted by molar-refractivity contribution is 5.98. The molecule has 0 fully saturated rings. The molecule has 0 bridgehead atoms. The average Bonchev–Trinajstić information content (AvgIpc) is 2.50. The van der Waals surface area contributed by atoms with Crippen LogP contribution in [0.15, 0.2) is 34.3 Å². The van der Waals surface area contributed by atoms with Gasteiger partial charge in [-0.25, -0.2) is 9.18 Å². The van der Waals surface area contributed by atoms with E-state index in [1.165, 1.54) is 55.2 Å². The van der Waals surface area contributed by atoms with E-state index in [4.69, 9.17) is 5.11 Å². The molecule has 1 N–H and O–H groups in total. The summed E-state index contributed by atoms with van der Waals surface area (Å²) in [5, 5.41) is 8.48. The number of aryl methyl sites for hydroxylation is 1. The van der Waals surface area contributed by atoms with Crippen molar-refractivity contribution >= 4 is 11.7 Å². The molecule has 0 saturated heterocycles. The molecule has 23 heavy (non-hydrogen) atoms. The standard InChI is InChI=1S/C11H21N.C8H7FO2/c1-6-7-8-11(9(2)3)10(4)12-5;1-5-4-6(8(10)11)2-3-7(5)9/h6-8H2,1-5H3;2-4H,1H3,(H,10,11). The number of carbonyl (C=O) groups is 1. The fourth-order valence-corrected chi connectivity index (χ4v) is 2.06. The minimum Gasteiger partial charge on any atom is -0.478 e. The molecule has 3 nitrogen and oxygen atoms in total. The smallest absolute Gasteiger partial charge is 0.335 e. The van der Waals surface area contributed by atoms with Crippen molar-refractivity contribution < 1.29 is 14.3 Å². The predicted octanol–water partition coefficient (Wildman–Crippen LogP) is 5.44. The Labute approximate surface area is 139 Å². The van der Waals surface area contributed by atoms with Gasteiger partial charge in [-0.05, 0) is 69.9 Å². The third kappa shape index (κ3) is 7.73. The van der Waals surface area contributed by atoms with E-state index in [1.54, 1.807) is 0 Å². The topological polar surface area (TPSA) is 49.7 Å². The molecule has 0 aliphatic rings. The summed E-state index contributed by atoms with van der Waals surface area (Å²) in [4.78, 5) is 14.6. The van der Waals surface area contributed by atoms with Crippen LogP contribution in [-0.2, 0) is 0 Å². The molecule has 1 rings (SSSR count). The van der Waals surface area contributed by atoms with Crippen LogP contribution in [0.5, 0.6) is 0 Å². The van der Waals surface area contributed by atoms with Crippen molar-refractivity contribution in [2.24, 2.45) is 4.99 Å². The van der Waals surface area contributed by atoms with Crippen molar-refractivity contribution in [1.29, 1.82) is 0 Å². The molecule has 0 spiro atoms. The summed E-state index contributed by atoms with van der Waals surface area (Å²) in [5.74, 6) is -1.41. The van der Waals surface area contributed by atoms with E-state index in [0.717, 1.165) is 6.07 Å². The van der Waals surface area contributed by atoms with Crippen LogP contribution < -0.4 is 0 Å². The van der Waals surface area contributed by atoms with Gasteiger partial charge in [0.1, 0.15) is 5.82 Å². The maximum Gasteiger partial charge on any atom is 0.335 e. The highest BCUT2D eigenvalue weighted by atomic mass is 19.1. The highest BCUT2D eigenvalue weighted by Crippen LogP contribution is 2.14. The first kappa shape index (κ1) is 21.0. The molecule has 0 unspecified atom stereocenters. The lowest BCUT2D eigenvalue weighted by molar-refractivity contribution is 0.0696. The number of aliphatic imine (C=N–C) groups is 1. The van der Waals surface area contributed by atoms with Crippen LogP contribution in [0.2, 0.25) is 0 Å². The zero-order chi connectivity index (χ0) is 18.0. The van der Waals surface area contributed by atoms with E-state index in [1.807, 2.05) is 7.05 Å². The minimum atomic E-state index is -1.03. The maximum absolute atomic E-state index is 12.6. The summed E-state index contributed by atoms with van der Waals surface area (Å²) in [5.41, 5.74) is 4.52. The van der Waals surface area contributed by atoms with Crippen molar-refractivity contribution in [2.75, 3.05) is 7.05 Å². The van der Waals surface area contributed by atoms with E-state index in [0.29, 0.717) is 5.56 Å². The lowest BCUT2D eigenvalue weighted by Crippen LogP contribution is -1.99. The number of aromatic carboxylic acids is 1. The number of unbranched alkanes of at least 4 members (excludes halogenated alkanes) is 1. The first-order valence-corrected chi connectivity index (χ1v) is 7.84. The second-order valence-corrected chi connectivity index (χ2v) is 5.66. The van der Waals surface area contributed by atoms with Crippen LogP contribution in [0.3, 0.4) is 0 Å². The second kappa shape index (κ2) is 10.7. The largest absolute Gasteiger partial charge is 0.478 e. The average molecular weight is 321 g/mol. The number of rotatable bonds is 5. The number of halogens is 1. The van der Waals surface area contributed by atoms with Crippen molar-refractivity contribution in [3.63, 3.8) is 0 Å². The Hall–Kier alpha value is -1.97. The SMILES string of the molecule is CCCCC(C(C)=NC)=C(C)C.Cc1cc(C(=O)O)ccc1F. The summed E-state index contributed by atoms with van der Waals surface area (Å²) < 4.78 is 12.6. The number of allylic oxidation sites excluding steroid dienone is 2. The molecule has 4 heteroatoms. The van der Waals surface area contributed by atoms with Gasteiger partial charge in [0.25, 0.3) is 0 Å².